The molecule has 0 radical (unpaired) electrons. The number of carbonyl (C=O) groups excluding carboxylic acids is 1. The maximum atomic E-state index is 13.4. The van der Waals surface area contributed by atoms with Gasteiger partial charge >= 0.3 is 6.36 Å². The molecule has 0 spiro atoms. The van der Waals surface area contributed by atoms with Gasteiger partial charge in [0.2, 0.25) is 0 Å². The first-order valence-corrected chi connectivity index (χ1v) is 10.5. The highest BCUT2D eigenvalue weighted by Crippen LogP contribution is 2.67. The lowest BCUT2D eigenvalue weighted by Crippen LogP contribution is -2.77. The van der Waals surface area contributed by atoms with Crippen LogP contribution >= 0.6 is 11.6 Å². The highest BCUT2D eigenvalue weighted by Gasteiger charge is 2.70. The maximum Gasteiger partial charge on any atom is 0.524 e. The van der Waals surface area contributed by atoms with E-state index in [-0.39, 0.29) is 47.1 Å². The number of alkyl halides is 3. The van der Waals surface area contributed by atoms with Gasteiger partial charge in [0.05, 0.1) is 16.9 Å². The average molecular weight is 475 g/mol. The zero-order valence-electron chi connectivity index (χ0n) is 16.7. The fraction of sp³-hybridized carbons (Fsp3) is 0.550. The number of hydrogen-bond donors (Lipinski definition) is 1. The summed E-state index contributed by atoms with van der Waals surface area (Å²) in [5.41, 5.74) is -1.59. The van der Waals surface area contributed by atoms with E-state index in [9.17, 15) is 22.4 Å². The SMILES string of the molecule is O=C(COc1ccc(Cl)c(F)c1)NC12CC(c3cn(C4(OC(F)(F)F)CCC4)nn3)(C1)C2. The van der Waals surface area contributed by atoms with Crippen molar-refractivity contribution < 1.29 is 31.8 Å². The zero-order chi connectivity index (χ0) is 22.8. The highest BCUT2D eigenvalue weighted by molar-refractivity contribution is 6.30. The molecule has 4 aliphatic rings. The maximum absolute atomic E-state index is 13.4. The Kier molecular flexibility index (Phi) is 4.72. The van der Waals surface area contributed by atoms with Crippen molar-refractivity contribution in [2.75, 3.05) is 6.61 Å². The van der Waals surface area contributed by atoms with Gasteiger partial charge in [-0.15, -0.1) is 18.3 Å². The number of aromatic nitrogens is 3. The van der Waals surface area contributed by atoms with Crippen molar-refractivity contribution in [2.24, 2.45) is 0 Å². The van der Waals surface area contributed by atoms with Crippen LogP contribution in [-0.4, -0.2) is 39.4 Å². The Bertz CT molecular complexity index is 1050. The predicted octanol–water partition coefficient (Wildman–Crippen LogP) is 3.81. The number of carbonyl (C=O) groups is 1. The number of ether oxygens (including phenoxy) is 2. The van der Waals surface area contributed by atoms with Crippen LogP contribution < -0.4 is 10.1 Å². The van der Waals surface area contributed by atoms with E-state index in [1.807, 2.05) is 0 Å². The Labute approximate surface area is 185 Å². The van der Waals surface area contributed by atoms with Crippen LogP contribution in [0.25, 0.3) is 0 Å². The van der Waals surface area contributed by atoms with Gasteiger partial charge in [0.15, 0.2) is 12.3 Å². The third-order valence-electron chi connectivity index (χ3n) is 6.59. The quantitative estimate of drug-likeness (QED) is 0.617. The second-order valence-corrected chi connectivity index (χ2v) is 9.31. The zero-order valence-corrected chi connectivity index (χ0v) is 17.5. The molecule has 4 saturated carbocycles. The van der Waals surface area contributed by atoms with E-state index >= 15 is 0 Å². The summed E-state index contributed by atoms with van der Waals surface area (Å²) in [6, 6.07) is 3.91. The van der Waals surface area contributed by atoms with Crippen LogP contribution in [0.2, 0.25) is 5.02 Å². The van der Waals surface area contributed by atoms with E-state index in [0.717, 1.165) is 6.07 Å². The second-order valence-electron chi connectivity index (χ2n) is 8.90. The summed E-state index contributed by atoms with van der Waals surface area (Å²) >= 11 is 5.61. The van der Waals surface area contributed by atoms with Crippen molar-refractivity contribution in [1.29, 1.82) is 0 Å². The molecular weight excluding hydrogens is 456 g/mol. The summed E-state index contributed by atoms with van der Waals surface area (Å²) < 4.78 is 62.7. The lowest BCUT2D eigenvalue weighted by Gasteiger charge is -2.69. The molecular formula is C20H19ClF4N4O3. The molecule has 6 rings (SSSR count). The summed E-state index contributed by atoms with van der Waals surface area (Å²) in [5, 5.41) is 10.9. The monoisotopic (exact) mass is 474 g/mol. The number of nitrogens with one attached hydrogen (secondary N) is 1. The fourth-order valence-electron chi connectivity index (χ4n) is 5.02. The summed E-state index contributed by atoms with van der Waals surface area (Å²) in [6.45, 7) is -0.274. The fourth-order valence-corrected chi connectivity index (χ4v) is 5.14. The molecule has 1 aromatic carbocycles. The summed E-state index contributed by atoms with van der Waals surface area (Å²) in [7, 11) is 0. The standard InChI is InChI=1S/C20H19ClF4N4O3/c21-13-3-2-12(6-14(13)22)31-8-16(30)26-18-9-17(10-18,11-18)15-7-29(28-27-15)19(4-1-5-19)32-20(23,24)25/h2-3,6-7H,1,4-5,8-11H2,(H,26,30). The molecule has 1 heterocycles. The molecule has 0 atom stereocenters. The largest absolute Gasteiger partial charge is 0.524 e. The summed E-state index contributed by atoms with van der Waals surface area (Å²) in [4.78, 5) is 12.2. The molecule has 1 N–H and O–H groups in total. The normalized spacial score (nSPS) is 27.7. The average Bonchev–Trinajstić information content (AvgIpc) is 3.10. The third-order valence-corrected chi connectivity index (χ3v) is 6.90. The number of amides is 1. The molecule has 1 amide bonds. The van der Waals surface area contributed by atoms with Crippen LogP contribution in [-0.2, 0) is 20.7 Å². The molecule has 0 unspecified atom stereocenters. The number of rotatable bonds is 7. The smallest absolute Gasteiger partial charge is 0.484 e. The van der Waals surface area contributed by atoms with Gasteiger partial charge in [-0.3, -0.25) is 9.53 Å². The molecule has 4 aliphatic carbocycles. The molecule has 32 heavy (non-hydrogen) atoms. The Morgan fingerprint density at radius 3 is 2.56 bits per heavy atom. The van der Waals surface area contributed by atoms with Gasteiger partial charge < -0.3 is 10.1 Å². The van der Waals surface area contributed by atoms with Crippen molar-refractivity contribution in [2.45, 2.75) is 61.6 Å². The van der Waals surface area contributed by atoms with Crippen molar-refractivity contribution in [3.05, 3.63) is 40.9 Å². The Hall–Kier alpha value is -2.40. The number of hydrogen-bond acceptors (Lipinski definition) is 5. The molecule has 7 nitrogen and oxygen atoms in total. The van der Waals surface area contributed by atoms with Crippen molar-refractivity contribution in [3.8, 4) is 5.75 Å². The topological polar surface area (TPSA) is 78.3 Å². The molecule has 0 saturated heterocycles. The number of halogens is 5. The van der Waals surface area contributed by atoms with E-state index < -0.39 is 17.9 Å². The van der Waals surface area contributed by atoms with Crippen molar-refractivity contribution in [3.63, 3.8) is 0 Å². The van der Waals surface area contributed by atoms with Gasteiger partial charge in [-0.25, -0.2) is 9.07 Å². The Morgan fingerprint density at radius 1 is 1.25 bits per heavy atom. The molecule has 172 valence electrons. The van der Waals surface area contributed by atoms with Crippen LogP contribution in [0.3, 0.4) is 0 Å². The van der Waals surface area contributed by atoms with Crippen LogP contribution in [0.15, 0.2) is 24.4 Å². The minimum Gasteiger partial charge on any atom is -0.484 e. The minimum absolute atomic E-state index is 0.0360. The van der Waals surface area contributed by atoms with Crippen LogP contribution in [0.4, 0.5) is 17.6 Å². The van der Waals surface area contributed by atoms with E-state index in [1.165, 1.54) is 23.0 Å². The van der Waals surface area contributed by atoms with Crippen LogP contribution in [0.5, 0.6) is 5.75 Å². The predicted molar refractivity (Wildman–Crippen MR) is 102 cm³/mol. The first-order valence-electron chi connectivity index (χ1n) is 10.1. The molecule has 1 aromatic heterocycles. The molecule has 2 bridgehead atoms. The first-order chi connectivity index (χ1) is 15.0. The van der Waals surface area contributed by atoms with Gasteiger partial charge in [-0.1, -0.05) is 16.8 Å². The third kappa shape index (κ3) is 3.61. The van der Waals surface area contributed by atoms with E-state index in [4.69, 9.17) is 16.3 Å². The number of benzene rings is 1. The van der Waals surface area contributed by atoms with Gasteiger partial charge in [-0.05, 0) is 50.7 Å². The minimum atomic E-state index is -4.75. The van der Waals surface area contributed by atoms with Crippen LogP contribution in [0.1, 0.15) is 44.2 Å². The molecule has 0 aliphatic heterocycles. The van der Waals surface area contributed by atoms with E-state index in [1.54, 1.807) is 0 Å². The van der Waals surface area contributed by atoms with Crippen molar-refractivity contribution >= 4 is 17.5 Å². The van der Waals surface area contributed by atoms with Crippen molar-refractivity contribution in [1.82, 2.24) is 20.3 Å². The highest BCUT2D eigenvalue weighted by atomic mass is 35.5. The lowest BCUT2D eigenvalue weighted by atomic mass is 9.38. The summed E-state index contributed by atoms with van der Waals surface area (Å²) in [6.07, 6.45) is -0.297. The van der Waals surface area contributed by atoms with Gasteiger partial charge in [-0.2, -0.15) is 0 Å². The summed E-state index contributed by atoms with van der Waals surface area (Å²) in [5.74, 6) is -0.786. The molecule has 12 heteroatoms. The molecule has 4 fully saturated rings. The molecule has 2 aromatic rings. The second kappa shape index (κ2) is 7.05. The number of nitrogens with zero attached hydrogens (tertiary/aromatic N) is 3. The van der Waals surface area contributed by atoms with E-state index in [0.29, 0.717) is 31.4 Å². The van der Waals surface area contributed by atoms with E-state index in [2.05, 4.69) is 20.4 Å². The first kappa shape index (κ1) is 21.4. The Morgan fingerprint density at radius 2 is 1.97 bits per heavy atom. The van der Waals surface area contributed by atoms with Gasteiger partial charge in [0.1, 0.15) is 11.6 Å². The van der Waals surface area contributed by atoms with Crippen LogP contribution in [0, 0.1) is 5.82 Å². The lowest BCUT2D eigenvalue weighted by molar-refractivity contribution is -0.402. The van der Waals surface area contributed by atoms with Gasteiger partial charge in [0.25, 0.3) is 5.91 Å². The Balaban J connectivity index is 1.16. The van der Waals surface area contributed by atoms with Gasteiger partial charge in [0, 0.05) is 17.0 Å².